The van der Waals surface area contributed by atoms with Gasteiger partial charge < -0.3 is 19.9 Å². The van der Waals surface area contributed by atoms with Gasteiger partial charge in [-0.25, -0.2) is 0 Å². The molecule has 6 heteroatoms. The van der Waals surface area contributed by atoms with Crippen LogP contribution in [0.15, 0.2) is 48.7 Å². The van der Waals surface area contributed by atoms with E-state index in [1.54, 1.807) is 31.4 Å². The van der Waals surface area contributed by atoms with Gasteiger partial charge in [0.05, 0.1) is 12.7 Å². The molecule has 0 radical (unpaired) electrons. The molecule has 2 aromatic carbocycles. The first-order chi connectivity index (χ1) is 12.9. The topological polar surface area (TPSA) is 72.4 Å². The molecule has 3 rings (SSSR count). The molecular weight excluding hydrogens is 342 g/mol. The first-order valence-corrected chi connectivity index (χ1v) is 8.76. The molecule has 0 bridgehead atoms. The average Bonchev–Trinajstić information content (AvgIpc) is 3.00. The number of carbonyl (C=O) groups is 2. The zero-order valence-electron chi connectivity index (χ0n) is 15.9. The van der Waals surface area contributed by atoms with Crippen molar-refractivity contribution in [3.63, 3.8) is 0 Å². The van der Waals surface area contributed by atoms with Crippen molar-refractivity contribution < 1.29 is 14.3 Å². The van der Waals surface area contributed by atoms with Crippen LogP contribution in [0, 0.1) is 0 Å². The Labute approximate surface area is 158 Å². The van der Waals surface area contributed by atoms with Crippen LogP contribution in [0.5, 0.6) is 5.75 Å². The van der Waals surface area contributed by atoms with Crippen molar-refractivity contribution in [2.75, 3.05) is 17.7 Å². The molecule has 0 aliphatic carbocycles. The van der Waals surface area contributed by atoms with Gasteiger partial charge in [0.1, 0.15) is 5.75 Å². The Hall–Kier alpha value is -3.28. The standard InChI is InChI=1S/C21H23N3O3/c1-13(2)24-12-19(18-11-17(27-4)8-9-20(18)24)21(26)23-16-7-5-6-15(10-16)22-14(3)25/h5-13H,1-4H3,(H,22,25)(H,23,26). The number of benzene rings is 2. The van der Waals surface area contributed by atoms with Gasteiger partial charge in [-0.1, -0.05) is 6.07 Å². The van der Waals surface area contributed by atoms with Crippen LogP contribution in [0.1, 0.15) is 37.2 Å². The second-order valence-electron chi connectivity index (χ2n) is 6.64. The molecule has 2 N–H and O–H groups in total. The van der Waals surface area contributed by atoms with Crippen molar-refractivity contribution in [2.24, 2.45) is 0 Å². The lowest BCUT2D eigenvalue weighted by Gasteiger charge is -2.09. The highest BCUT2D eigenvalue weighted by molar-refractivity contribution is 6.13. The van der Waals surface area contributed by atoms with Crippen LogP contribution in [0.2, 0.25) is 0 Å². The minimum absolute atomic E-state index is 0.162. The van der Waals surface area contributed by atoms with E-state index < -0.39 is 0 Å². The third-order valence-corrected chi connectivity index (χ3v) is 4.28. The van der Waals surface area contributed by atoms with Crippen LogP contribution in [-0.2, 0) is 4.79 Å². The fraction of sp³-hybridized carbons (Fsp3) is 0.238. The second-order valence-corrected chi connectivity index (χ2v) is 6.64. The van der Waals surface area contributed by atoms with Crippen LogP contribution in [0.4, 0.5) is 11.4 Å². The number of nitrogens with zero attached hydrogens (tertiary/aromatic N) is 1. The van der Waals surface area contributed by atoms with E-state index in [1.165, 1.54) is 6.92 Å². The fourth-order valence-corrected chi connectivity index (χ4v) is 3.05. The number of hydrogen-bond acceptors (Lipinski definition) is 3. The second kappa shape index (κ2) is 7.53. The van der Waals surface area contributed by atoms with Crippen molar-refractivity contribution in [3.8, 4) is 5.75 Å². The Morgan fingerprint density at radius 2 is 1.74 bits per heavy atom. The van der Waals surface area contributed by atoms with E-state index in [4.69, 9.17) is 4.74 Å². The number of hydrogen-bond donors (Lipinski definition) is 2. The summed E-state index contributed by atoms with van der Waals surface area (Å²) in [6.07, 6.45) is 1.86. The minimum atomic E-state index is -0.215. The largest absolute Gasteiger partial charge is 0.497 e. The number of anilines is 2. The summed E-state index contributed by atoms with van der Waals surface area (Å²) in [5.41, 5.74) is 2.79. The molecule has 140 valence electrons. The molecule has 0 unspecified atom stereocenters. The molecule has 3 aromatic rings. The molecule has 27 heavy (non-hydrogen) atoms. The summed E-state index contributed by atoms with van der Waals surface area (Å²) in [7, 11) is 1.61. The first-order valence-electron chi connectivity index (χ1n) is 8.76. The summed E-state index contributed by atoms with van der Waals surface area (Å²) in [5.74, 6) is 0.323. The number of nitrogens with one attached hydrogen (secondary N) is 2. The van der Waals surface area contributed by atoms with Gasteiger partial charge in [0.2, 0.25) is 5.91 Å². The summed E-state index contributed by atoms with van der Waals surface area (Å²) in [6.45, 7) is 5.59. The van der Waals surface area contributed by atoms with Crippen LogP contribution in [-0.4, -0.2) is 23.5 Å². The lowest BCUT2D eigenvalue weighted by Crippen LogP contribution is -2.12. The predicted molar refractivity (Wildman–Crippen MR) is 108 cm³/mol. The van der Waals surface area contributed by atoms with E-state index >= 15 is 0 Å². The van der Waals surface area contributed by atoms with E-state index in [0.29, 0.717) is 22.7 Å². The minimum Gasteiger partial charge on any atom is -0.497 e. The fourth-order valence-electron chi connectivity index (χ4n) is 3.05. The Bertz CT molecular complexity index is 1010. The highest BCUT2D eigenvalue weighted by Crippen LogP contribution is 2.29. The number of methoxy groups -OCH3 is 1. The highest BCUT2D eigenvalue weighted by atomic mass is 16.5. The van der Waals surface area contributed by atoms with Crippen molar-refractivity contribution in [1.29, 1.82) is 0 Å². The number of fused-ring (bicyclic) bond motifs is 1. The van der Waals surface area contributed by atoms with Gasteiger partial charge in [-0.15, -0.1) is 0 Å². The van der Waals surface area contributed by atoms with E-state index in [2.05, 4.69) is 29.0 Å². The van der Waals surface area contributed by atoms with Gasteiger partial charge >= 0.3 is 0 Å². The molecule has 0 saturated heterocycles. The summed E-state index contributed by atoms with van der Waals surface area (Å²) >= 11 is 0. The monoisotopic (exact) mass is 365 g/mol. The van der Waals surface area contributed by atoms with E-state index in [1.807, 2.05) is 24.4 Å². The molecule has 1 heterocycles. The maximum absolute atomic E-state index is 12.9. The van der Waals surface area contributed by atoms with Gasteiger partial charge in [-0.05, 0) is 50.2 Å². The normalized spacial score (nSPS) is 10.9. The smallest absolute Gasteiger partial charge is 0.257 e. The highest BCUT2D eigenvalue weighted by Gasteiger charge is 2.17. The van der Waals surface area contributed by atoms with Gasteiger partial charge in [0, 0.05) is 41.4 Å². The molecule has 1 aromatic heterocycles. The van der Waals surface area contributed by atoms with Gasteiger partial charge in [0.25, 0.3) is 5.91 Å². The SMILES string of the molecule is COc1ccc2c(c1)c(C(=O)Nc1cccc(NC(C)=O)c1)cn2C(C)C. The van der Waals surface area contributed by atoms with Crippen molar-refractivity contribution in [1.82, 2.24) is 4.57 Å². The van der Waals surface area contributed by atoms with Crippen LogP contribution in [0.25, 0.3) is 10.9 Å². The number of carbonyl (C=O) groups excluding carboxylic acids is 2. The molecule has 0 saturated carbocycles. The molecular formula is C21H23N3O3. The van der Waals surface area contributed by atoms with Gasteiger partial charge in [0.15, 0.2) is 0 Å². The number of amides is 2. The van der Waals surface area contributed by atoms with Crippen LogP contribution >= 0.6 is 0 Å². The molecule has 2 amide bonds. The third kappa shape index (κ3) is 3.95. The third-order valence-electron chi connectivity index (χ3n) is 4.28. The summed E-state index contributed by atoms with van der Waals surface area (Å²) in [4.78, 5) is 24.2. The molecule has 0 spiro atoms. The molecule has 0 aliphatic rings. The average molecular weight is 365 g/mol. The first kappa shape index (κ1) is 18.5. The number of rotatable bonds is 5. The van der Waals surface area contributed by atoms with E-state index in [-0.39, 0.29) is 17.9 Å². The van der Waals surface area contributed by atoms with Crippen molar-refractivity contribution >= 4 is 34.1 Å². The summed E-state index contributed by atoms with van der Waals surface area (Å²) < 4.78 is 7.38. The number of ether oxygens (including phenoxy) is 1. The predicted octanol–water partition coefficient (Wildman–Crippen LogP) is 4.44. The van der Waals surface area contributed by atoms with Gasteiger partial charge in [-0.2, -0.15) is 0 Å². The van der Waals surface area contributed by atoms with Crippen molar-refractivity contribution in [3.05, 3.63) is 54.2 Å². The molecule has 0 aliphatic heterocycles. The zero-order valence-corrected chi connectivity index (χ0v) is 15.9. The van der Waals surface area contributed by atoms with Crippen LogP contribution < -0.4 is 15.4 Å². The lowest BCUT2D eigenvalue weighted by atomic mass is 10.1. The summed E-state index contributed by atoms with van der Waals surface area (Å²) in [6, 6.07) is 13.0. The molecule has 0 atom stereocenters. The summed E-state index contributed by atoms with van der Waals surface area (Å²) in [5, 5.41) is 6.45. The van der Waals surface area contributed by atoms with Gasteiger partial charge in [-0.3, -0.25) is 9.59 Å². The van der Waals surface area contributed by atoms with E-state index in [0.717, 1.165) is 10.9 Å². The maximum Gasteiger partial charge on any atom is 0.257 e. The maximum atomic E-state index is 12.9. The molecule has 6 nitrogen and oxygen atoms in total. The Morgan fingerprint density at radius 1 is 1.04 bits per heavy atom. The quantitative estimate of drug-likeness (QED) is 0.702. The Kier molecular flexibility index (Phi) is 5.16. The molecule has 0 fully saturated rings. The van der Waals surface area contributed by atoms with Crippen molar-refractivity contribution in [2.45, 2.75) is 26.8 Å². The number of aromatic nitrogens is 1. The Morgan fingerprint density at radius 3 is 2.37 bits per heavy atom. The lowest BCUT2D eigenvalue weighted by molar-refractivity contribution is -0.114. The van der Waals surface area contributed by atoms with Crippen LogP contribution in [0.3, 0.4) is 0 Å². The zero-order chi connectivity index (χ0) is 19.6. The van der Waals surface area contributed by atoms with E-state index in [9.17, 15) is 9.59 Å². The Balaban J connectivity index is 1.97.